The minimum absolute atomic E-state index is 0.362. The smallest absolute Gasteiger partial charge is 0.133 e. The quantitative estimate of drug-likeness (QED) is 0.549. The van der Waals surface area contributed by atoms with E-state index in [0.29, 0.717) is 36.9 Å². The van der Waals surface area contributed by atoms with Gasteiger partial charge in [-0.3, -0.25) is 4.79 Å². The van der Waals surface area contributed by atoms with Gasteiger partial charge in [-0.25, -0.2) is 0 Å². The lowest BCUT2D eigenvalue weighted by molar-refractivity contribution is -0.120. The third-order valence-corrected chi connectivity index (χ3v) is 2.90. The van der Waals surface area contributed by atoms with E-state index in [9.17, 15) is 9.59 Å². The number of hydrogen-bond acceptors (Lipinski definition) is 2. The second kappa shape index (κ2) is 8.63. The highest BCUT2D eigenvalue weighted by molar-refractivity contribution is 5.78. The normalized spacial score (nSPS) is 12.8. The van der Waals surface area contributed by atoms with Crippen LogP contribution in [0.4, 0.5) is 0 Å². The van der Waals surface area contributed by atoms with Crippen molar-refractivity contribution in [2.75, 3.05) is 0 Å². The van der Waals surface area contributed by atoms with Gasteiger partial charge >= 0.3 is 0 Å². The summed E-state index contributed by atoms with van der Waals surface area (Å²) in [6.07, 6.45) is 5.84. The Morgan fingerprint density at radius 3 is 2.47 bits per heavy atom. The van der Waals surface area contributed by atoms with Crippen molar-refractivity contribution in [1.29, 1.82) is 0 Å². The van der Waals surface area contributed by atoms with E-state index >= 15 is 0 Å². The lowest BCUT2D eigenvalue weighted by atomic mass is 9.86. The van der Waals surface area contributed by atoms with Crippen LogP contribution in [-0.4, -0.2) is 12.1 Å². The van der Waals surface area contributed by atoms with Crippen LogP contribution >= 0.6 is 0 Å². The third kappa shape index (κ3) is 7.29. The first-order chi connectivity index (χ1) is 7.11. The molecule has 0 rings (SSSR count). The minimum Gasteiger partial charge on any atom is -0.303 e. The van der Waals surface area contributed by atoms with Gasteiger partial charge in [0, 0.05) is 19.3 Å². The van der Waals surface area contributed by atoms with E-state index in [4.69, 9.17) is 0 Å². The fraction of sp³-hybridized carbons (Fsp3) is 0.846. The maximum Gasteiger partial charge on any atom is 0.133 e. The standard InChI is InChI=1S/C13H24O2/c1-4-5-8-13(15)10-12(11(2)3)7-6-9-14/h9,11-12H,4-8,10H2,1-3H3. The maximum absolute atomic E-state index is 11.6. The van der Waals surface area contributed by atoms with Gasteiger partial charge in [0.05, 0.1) is 0 Å². The Morgan fingerprint density at radius 2 is 2.00 bits per heavy atom. The zero-order valence-electron chi connectivity index (χ0n) is 10.3. The molecular weight excluding hydrogens is 188 g/mol. The molecular formula is C13H24O2. The van der Waals surface area contributed by atoms with Gasteiger partial charge in [0.25, 0.3) is 0 Å². The van der Waals surface area contributed by atoms with Crippen molar-refractivity contribution in [1.82, 2.24) is 0 Å². The fourth-order valence-electron chi connectivity index (χ4n) is 1.72. The van der Waals surface area contributed by atoms with Crippen LogP contribution in [0.25, 0.3) is 0 Å². The molecule has 2 nitrogen and oxygen atoms in total. The molecule has 0 heterocycles. The van der Waals surface area contributed by atoms with Crippen molar-refractivity contribution in [2.24, 2.45) is 11.8 Å². The second-order valence-corrected chi connectivity index (χ2v) is 4.59. The van der Waals surface area contributed by atoms with E-state index in [0.717, 1.165) is 25.5 Å². The van der Waals surface area contributed by atoms with Crippen LogP contribution in [0.3, 0.4) is 0 Å². The summed E-state index contributed by atoms with van der Waals surface area (Å²) in [6, 6.07) is 0. The van der Waals surface area contributed by atoms with Crippen molar-refractivity contribution in [3.63, 3.8) is 0 Å². The molecule has 0 saturated heterocycles. The molecule has 1 atom stereocenters. The number of carbonyl (C=O) groups is 2. The molecule has 0 radical (unpaired) electrons. The van der Waals surface area contributed by atoms with Crippen LogP contribution in [0.15, 0.2) is 0 Å². The number of Topliss-reactive ketones (excluding diaryl/α,β-unsaturated/α-hetero) is 1. The number of unbranched alkanes of at least 4 members (excludes halogenated alkanes) is 1. The van der Waals surface area contributed by atoms with Crippen LogP contribution in [0.1, 0.15) is 59.3 Å². The van der Waals surface area contributed by atoms with Gasteiger partial charge in [-0.1, -0.05) is 27.2 Å². The van der Waals surface area contributed by atoms with Crippen molar-refractivity contribution >= 4 is 12.1 Å². The highest BCUT2D eigenvalue weighted by Crippen LogP contribution is 2.21. The molecule has 88 valence electrons. The van der Waals surface area contributed by atoms with Gasteiger partial charge in [0.15, 0.2) is 0 Å². The molecule has 0 saturated carbocycles. The first-order valence-electron chi connectivity index (χ1n) is 6.07. The first kappa shape index (κ1) is 14.3. The summed E-state index contributed by atoms with van der Waals surface area (Å²) in [4.78, 5) is 21.9. The summed E-state index contributed by atoms with van der Waals surface area (Å²) in [6.45, 7) is 6.35. The Bertz CT molecular complexity index is 185. The fourth-order valence-corrected chi connectivity index (χ4v) is 1.72. The number of aldehydes is 1. The second-order valence-electron chi connectivity index (χ2n) is 4.59. The molecule has 0 aromatic carbocycles. The van der Waals surface area contributed by atoms with Gasteiger partial charge in [-0.2, -0.15) is 0 Å². The van der Waals surface area contributed by atoms with Gasteiger partial charge in [-0.05, 0) is 24.7 Å². The average Bonchev–Trinajstić information content (AvgIpc) is 2.20. The summed E-state index contributed by atoms with van der Waals surface area (Å²) in [5, 5.41) is 0. The van der Waals surface area contributed by atoms with Crippen LogP contribution in [0.5, 0.6) is 0 Å². The predicted molar refractivity (Wildman–Crippen MR) is 62.8 cm³/mol. The summed E-state index contributed by atoms with van der Waals surface area (Å²) >= 11 is 0. The van der Waals surface area contributed by atoms with Crippen molar-refractivity contribution in [2.45, 2.75) is 59.3 Å². The number of rotatable bonds is 9. The molecule has 0 N–H and O–H groups in total. The highest BCUT2D eigenvalue weighted by atomic mass is 16.1. The molecule has 0 amide bonds. The van der Waals surface area contributed by atoms with E-state index in [1.165, 1.54) is 0 Å². The Labute approximate surface area is 93.4 Å². The SMILES string of the molecule is CCCCC(=O)CC(CCC=O)C(C)C. The van der Waals surface area contributed by atoms with Gasteiger partial charge in [0.1, 0.15) is 12.1 Å². The molecule has 0 aliphatic heterocycles. The Kier molecular flexibility index (Phi) is 8.25. The number of hydrogen-bond donors (Lipinski definition) is 0. The maximum atomic E-state index is 11.6. The lowest BCUT2D eigenvalue weighted by Gasteiger charge is -2.18. The lowest BCUT2D eigenvalue weighted by Crippen LogP contribution is -2.14. The Hall–Kier alpha value is -0.660. The minimum atomic E-state index is 0.362. The average molecular weight is 212 g/mol. The van der Waals surface area contributed by atoms with Crippen LogP contribution in [-0.2, 0) is 9.59 Å². The van der Waals surface area contributed by atoms with Crippen molar-refractivity contribution < 1.29 is 9.59 Å². The van der Waals surface area contributed by atoms with Crippen LogP contribution in [0.2, 0.25) is 0 Å². The molecule has 0 aromatic heterocycles. The molecule has 0 bridgehead atoms. The van der Waals surface area contributed by atoms with Crippen molar-refractivity contribution in [3.8, 4) is 0 Å². The van der Waals surface area contributed by atoms with Gasteiger partial charge < -0.3 is 4.79 Å². The summed E-state index contributed by atoms with van der Waals surface area (Å²) < 4.78 is 0. The van der Waals surface area contributed by atoms with E-state index < -0.39 is 0 Å². The van der Waals surface area contributed by atoms with Crippen molar-refractivity contribution in [3.05, 3.63) is 0 Å². The van der Waals surface area contributed by atoms with E-state index in [1.54, 1.807) is 0 Å². The van der Waals surface area contributed by atoms with E-state index in [-0.39, 0.29) is 0 Å². The molecule has 2 heteroatoms. The molecule has 15 heavy (non-hydrogen) atoms. The first-order valence-corrected chi connectivity index (χ1v) is 6.07. The summed E-state index contributed by atoms with van der Waals surface area (Å²) in [5.74, 6) is 1.25. The number of carbonyl (C=O) groups excluding carboxylic acids is 2. The number of ketones is 1. The highest BCUT2D eigenvalue weighted by Gasteiger charge is 2.16. The predicted octanol–water partition coefficient (Wildman–Crippen LogP) is 3.39. The zero-order valence-corrected chi connectivity index (χ0v) is 10.3. The Morgan fingerprint density at radius 1 is 1.33 bits per heavy atom. The third-order valence-electron chi connectivity index (χ3n) is 2.90. The van der Waals surface area contributed by atoms with E-state index in [2.05, 4.69) is 20.8 Å². The topological polar surface area (TPSA) is 34.1 Å². The molecule has 0 spiro atoms. The molecule has 0 aromatic rings. The zero-order chi connectivity index (χ0) is 11.7. The molecule has 0 aliphatic rings. The molecule has 0 fully saturated rings. The largest absolute Gasteiger partial charge is 0.303 e. The summed E-state index contributed by atoms with van der Waals surface area (Å²) in [5.41, 5.74) is 0. The van der Waals surface area contributed by atoms with Crippen LogP contribution in [0, 0.1) is 11.8 Å². The molecule has 0 aliphatic carbocycles. The van der Waals surface area contributed by atoms with E-state index in [1.807, 2.05) is 0 Å². The van der Waals surface area contributed by atoms with Gasteiger partial charge in [-0.15, -0.1) is 0 Å². The Balaban J connectivity index is 3.92. The monoisotopic (exact) mass is 212 g/mol. The van der Waals surface area contributed by atoms with Gasteiger partial charge in [0.2, 0.25) is 0 Å². The summed E-state index contributed by atoms with van der Waals surface area (Å²) in [7, 11) is 0. The van der Waals surface area contributed by atoms with Crippen LogP contribution < -0.4 is 0 Å². The molecule has 1 unspecified atom stereocenters.